The summed E-state index contributed by atoms with van der Waals surface area (Å²) in [5.74, 6) is 0.674. The quantitative estimate of drug-likeness (QED) is 0.470. The lowest BCUT2D eigenvalue weighted by molar-refractivity contribution is -0.115. The number of aryl methyl sites for hydroxylation is 1. The fourth-order valence-electron chi connectivity index (χ4n) is 3.21. The van der Waals surface area contributed by atoms with Crippen LogP contribution in [-0.4, -0.2) is 34.2 Å². The molecule has 1 saturated heterocycles. The topological polar surface area (TPSA) is 62.2 Å². The number of aromatic nitrogens is 3. The average Bonchev–Trinajstić information content (AvgIpc) is 3.48. The van der Waals surface area contributed by atoms with Crippen molar-refractivity contribution in [2.24, 2.45) is 0 Å². The molecule has 1 fully saturated rings. The van der Waals surface area contributed by atoms with Crippen LogP contribution in [0.1, 0.15) is 37.9 Å². The summed E-state index contributed by atoms with van der Waals surface area (Å²) in [5, 5.41) is 12.4. The van der Waals surface area contributed by atoms with Crippen LogP contribution in [0.3, 0.4) is 0 Å². The molecule has 4 rings (SSSR count). The fourth-order valence-corrected chi connectivity index (χ4v) is 5.98. The van der Waals surface area contributed by atoms with Gasteiger partial charge < -0.3 is 4.90 Å². The number of nitrogens with zero attached hydrogens (tertiary/aromatic N) is 5. The van der Waals surface area contributed by atoms with E-state index >= 15 is 0 Å². The Hall–Kier alpha value is -1.97. The molecule has 0 saturated carbocycles. The van der Waals surface area contributed by atoms with Crippen molar-refractivity contribution in [2.75, 3.05) is 22.9 Å². The van der Waals surface area contributed by atoms with Gasteiger partial charge in [-0.15, -0.1) is 21.5 Å². The molecular weight excluding hydrogens is 422 g/mol. The number of rotatable bonds is 7. The third-order valence-corrected chi connectivity index (χ3v) is 7.79. The van der Waals surface area contributed by atoms with Gasteiger partial charge in [0.25, 0.3) is 0 Å². The third-order valence-electron chi connectivity index (χ3n) is 4.76. The molecule has 0 unspecified atom stereocenters. The Bertz CT molecular complexity index is 963. The van der Waals surface area contributed by atoms with E-state index in [1.165, 1.54) is 29.7 Å². The van der Waals surface area contributed by atoms with Crippen LogP contribution in [0.25, 0.3) is 0 Å². The highest BCUT2D eigenvalue weighted by Crippen LogP contribution is 2.34. The van der Waals surface area contributed by atoms with Crippen LogP contribution in [0.15, 0.2) is 34.0 Å². The normalized spacial score (nSPS) is 13.8. The molecule has 9 heteroatoms. The van der Waals surface area contributed by atoms with Gasteiger partial charge in [-0.25, -0.2) is 4.98 Å². The number of benzene rings is 1. The van der Waals surface area contributed by atoms with Gasteiger partial charge in [0.1, 0.15) is 0 Å². The first-order valence-corrected chi connectivity index (χ1v) is 12.4. The molecule has 3 heterocycles. The Labute approximate surface area is 183 Å². The average molecular weight is 446 g/mol. The summed E-state index contributed by atoms with van der Waals surface area (Å²) in [7, 11) is 0. The standard InChI is InChI=1S/C20H23N5OS3/c1-3-15-6-8-17(9-7-15)25(14(2)26)18-21-16(12-27-18)13-28-20-23-22-19(29-20)24-10-4-5-11-24/h6-9,12H,3-5,10-11,13H2,1-2H3. The van der Waals surface area contributed by atoms with E-state index in [2.05, 4.69) is 34.2 Å². The van der Waals surface area contributed by atoms with Crippen molar-refractivity contribution in [1.29, 1.82) is 0 Å². The molecule has 6 nitrogen and oxygen atoms in total. The molecule has 0 bridgehead atoms. The summed E-state index contributed by atoms with van der Waals surface area (Å²) >= 11 is 4.78. The highest BCUT2D eigenvalue weighted by molar-refractivity contribution is 8.00. The Morgan fingerprint density at radius 3 is 2.66 bits per heavy atom. The first kappa shape index (κ1) is 20.3. The summed E-state index contributed by atoms with van der Waals surface area (Å²) in [5.41, 5.74) is 3.05. The molecule has 3 aromatic rings. The lowest BCUT2D eigenvalue weighted by atomic mass is 10.1. The number of amides is 1. The summed E-state index contributed by atoms with van der Waals surface area (Å²) in [6, 6.07) is 8.08. The second-order valence-electron chi connectivity index (χ2n) is 6.83. The molecule has 0 radical (unpaired) electrons. The number of hydrogen-bond acceptors (Lipinski definition) is 8. The Morgan fingerprint density at radius 2 is 1.97 bits per heavy atom. The zero-order valence-electron chi connectivity index (χ0n) is 16.5. The Balaban J connectivity index is 1.43. The van der Waals surface area contributed by atoms with E-state index in [-0.39, 0.29) is 5.91 Å². The Kier molecular flexibility index (Phi) is 6.46. The van der Waals surface area contributed by atoms with Crippen molar-refractivity contribution in [2.45, 2.75) is 43.2 Å². The molecule has 2 aromatic heterocycles. The lowest BCUT2D eigenvalue weighted by Crippen LogP contribution is -2.22. The SMILES string of the molecule is CCc1ccc(N(C(C)=O)c2nc(CSc3nnc(N4CCCC4)s3)cs2)cc1. The van der Waals surface area contributed by atoms with Gasteiger partial charge in [-0.1, -0.05) is 42.2 Å². The second kappa shape index (κ2) is 9.23. The van der Waals surface area contributed by atoms with Gasteiger partial charge in [-0.2, -0.15) is 0 Å². The van der Waals surface area contributed by atoms with Gasteiger partial charge in [-0.05, 0) is 37.0 Å². The van der Waals surface area contributed by atoms with Crippen molar-refractivity contribution in [3.8, 4) is 0 Å². The van der Waals surface area contributed by atoms with Gasteiger partial charge >= 0.3 is 0 Å². The zero-order valence-corrected chi connectivity index (χ0v) is 18.9. The molecule has 29 heavy (non-hydrogen) atoms. The largest absolute Gasteiger partial charge is 0.347 e. The van der Waals surface area contributed by atoms with Crippen molar-refractivity contribution in [1.82, 2.24) is 15.2 Å². The second-order valence-corrected chi connectivity index (χ2v) is 9.84. The van der Waals surface area contributed by atoms with E-state index in [4.69, 9.17) is 4.98 Å². The van der Waals surface area contributed by atoms with E-state index in [1.54, 1.807) is 34.9 Å². The molecule has 152 valence electrons. The third kappa shape index (κ3) is 4.79. The zero-order chi connectivity index (χ0) is 20.2. The molecule has 0 atom stereocenters. The van der Waals surface area contributed by atoms with Crippen LogP contribution in [0.2, 0.25) is 0 Å². The van der Waals surface area contributed by atoms with Crippen LogP contribution >= 0.6 is 34.4 Å². The van der Waals surface area contributed by atoms with E-state index in [0.29, 0.717) is 10.9 Å². The maximum absolute atomic E-state index is 12.3. The molecule has 0 N–H and O–H groups in total. The Morgan fingerprint density at radius 1 is 1.21 bits per heavy atom. The molecule has 1 amide bonds. The molecule has 0 spiro atoms. The van der Waals surface area contributed by atoms with Gasteiger partial charge in [0.2, 0.25) is 11.0 Å². The number of thiazole rings is 1. The van der Waals surface area contributed by atoms with Crippen LogP contribution in [0.5, 0.6) is 0 Å². The fraction of sp³-hybridized carbons (Fsp3) is 0.400. The van der Waals surface area contributed by atoms with E-state index in [1.807, 2.05) is 17.5 Å². The van der Waals surface area contributed by atoms with Crippen LogP contribution in [0.4, 0.5) is 16.0 Å². The van der Waals surface area contributed by atoms with Gasteiger partial charge in [0.05, 0.1) is 11.4 Å². The van der Waals surface area contributed by atoms with E-state index in [0.717, 1.165) is 40.4 Å². The number of hydrogen-bond donors (Lipinski definition) is 0. The van der Waals surface area contributed by atoms with Crippen LogP contribution < -0.4 is 9.80 Å². The van der Waals surface area contributed by atoms with Crippen molar-refractivity contribution in [3.05, 3.63) is 40.9 Å². The summed E-state index contributed by atoms with van der Waals surface area (Å²) in [6.45, 7) is 5.85. The van der Waals surface area contributed by atoms with Crippen LogP contribution in [-0.2, 0) is 17.0 Å². The maximum atomic E-state index is 12.3. The number of carbonyl (C=O) groups excluding carboxylic acids is 1. The minimum Gasteiger partial charge on any atom is -0.347 e. The summed E-state index contributed by atoms with van der Waals surface area (Å²) in [6.07, 6.45) is 3.44. The van der Waals surface area contributed by atoms with Gasteiger partial charge in [0.15, 0.2) is 9.47 Å². The predicted octanol–water partition coefficient (Wildman–Crippen LogP) is 5.13. The van der Waals surface area contributed by atoms with Gasteiger partial charge in [-0.3, -0.25) is 9.69 Å². The maximum Gasteiger partial charge on any atom is 0.230 e. The number of thioether (sulfide) groups is 1. The first-order chi connectivity index (χ1) is 14.1. The monoisotopic (exact) mass is 445 g/mol. The minimum atomic E-state index is -0.0396. The van der Waals surface area contributed by atoms with Crippen molar-refractivity contribution < 1.29 is 4.79 Å². The highest BCUT2D eigenvalue weighted by Gasteiger charge is 2.19. The van der Waals surface area contributed by atoms with Crippen molar-refractivity contribution in [3.63, 3.8) is 0 Å². The number of carbonyl (C=O) groups is 1. The first-order valence-electron chi connectivity index (χ1n) is 9.69. The predicted molar refractivity (Wildman–Crippen MR) is 122 cm³/mol. The van der Waals surface area contributed by atoms with Crippen molar-refractivity contribution >= 4 is 56.3 Å². The summed E-state index contributed by atoms with van der Waals surface area (Å²) < 4.78 is 0.958. The van der Waals surface area contributed by atoms with E-state index in [9.17, 15) is 4.79 Å². The van der Waals surface area contributed by atoms with E-state index < -0.39 is 0 Å². The molecular formula is C20H23N5OS3. The molecule has 1 aliphatic rings. The summed E-state index contributed by atoms with van der Waals surface area (Å²) in [4.78, 5) is 21.0. The smallest absolute Gasteiger partial charge is 0.230 e. The highest BCUT2D eigenvalue weighted by atomic mass is 32.2. The minimum absolute atomic E-state index is 0.0396. The lowest BCUT2D eigenvalue weighted by Gasteiger charge is -2.18. The number of anilines is 3. The van der Waals surface area contributed by atoms with Crippen LogP contribution in [0, 0.1) is 0 Å². The molecule has 0 aliphatic carbocycles. The molecule has 1 aliphatic heterocycles. The molecule has 1 aromatic carbocycles. The van der Waals surface area contributed by atoms with Gasteiger partial charge in [0, 0.05) is 31.1 Å².